The first-order valence-electron chi connectivity index (χ1n) is 6.61. The van der Waals surface area contributed by atoms with E-state index in [9.17, 15) is 9.59 Å². The number of ether oxygens (including phenoxy) is 1. The first-order chi connectivity index (χ1) is 9.52. The van der Waals surface area contributed by atoms with Crippen LogP contribution in [0.3, 0.4) is 0 Å². The van der Waals surface area contributed by atoms with Crippen molar-refractivity contribution in [1.82, 2.24) is 4.90 Å². The van der Waals surface area contributed by atoms with Gasteiger partial charge in [-0.1, -0.05) is 6.07 Å². The quantitative estimate of drug-likeness (QED) is 0.902. The Balaban J connectivity index is 2.11. The van der Waals surface area contributed by atoms with E-state index >= 15 is 0 Å². The Labute approximate surface area is 122 Å². The number of nitrogens with zero attached hydrogens (tertiary/aromatic N) is 1. The molecule has 1 saturated heterocycles. The van der Waals surface area contributed by atoms with Crippen LogP contribution in [0.15, 0.2) is 17.5 Å². The SMILES string of the molecule is COC1CC(CC(=O)O)N(C(=O)C(C)c2cccs2)C1. The van der Waals surface area contributed by atoms with Crippen molar-refractivity contribution in [2.45, 2.75) is 37.8 Å². The van der Waals surface area contributed by atoms with Gasteiger partial charge in [-0.25, -0.2) is 0 Å². The number of aliphatic carboxylic acids is 1. The minimum Gasteiger partial charge on any atom is -0.481 e. The van der Waals surface area contributed by atoms with Crippen molar-refractivity contribution in [1.29, 1.82) is 0 Å². The van der Waals surface area contributed by atoms with E-state index in [1.165, 1.54) is 0 Å². The number of rotatable bonds is 5. The summed E-state index contributed by atoms with van der Waals surface area (Å²) in [4.78, 5) is 26.2. The molecule has 3 atom stereocenters. The molecule has 110 valence electrons. The first kappa shape index (κ1) is 15.0. The van der Waals surface area contributed by atoms with E-state index in [0.29, 0.717) is 13.0 Å². The summed E-state index contributed by atoms with van der Waals surface area (Å²) in [5.74, 6) is -1.13. The molecule has 0 radical (unpaired) electrons. The van der Waals surface area contributed by atoms with E-state index in [4.69, 9.17) is 9.84 Å². The van der Waals surface area contributed by atoms with Gasteiger partial charge in [0.1, 0.15) is 0 Å². The average molecular weight is 297 g/mol. The molecule has 1 aliphatic heterocycles. The molecule has 6 heteroatoms. The summed E-state index contributed by atoms with van der Waals surface area (Å²) in [7, 11) is 1.60. The molecule has 1 fully saturated rings. The van der Waals surface area contributed by atoms with Crippen LogP contribution in [0.25, 0.3) is 0 Å². The van der Waals surface area contributed by atoms with Crippen molar-refractivity contribution < 1.29 is 19.4 Å². The van der Waals surface area contributed by atoms with Gasteiger partial charge in [0.05, 0.1) is 18.4 Å². The van der Waals surface area contributed by atoms with Crippen LogP contribution in [0.4, 0.5) is 0 Å². The summed E-state index contributed by atoms with van der Waals surface area (Å²) in [6, 6.07) is 3.58. The van der Waals surface area contributed by atoms with Crippen LogP contribution in [0.1, 0.15) is 30.6 Å². The number of amides is 1. The summed E-state index contributed by atoms with van der Waals surface area (Å²) in [5.41, 5.74) is 0. The molecule has 1 aliphatic rings. The van der Waals surface area contributed by atoms with E-state index in [1.54, 1.807) is 23.3 Å². The van der Waals surface area contributed by atoms with E-state index in [0.717, 1.165) is 4.88 Å². The third kappa shape index (κ3) is 3.19. The molecule has 1 N–H and O–H groups in total. The molecular weight excluding hydrogens is 278 g/mol. The molecule has 20 heavy (non-hydrogen) atoms. The fraction of sp³-hybridized carbons (Fsp3) is 0.571. The molecular formula is C14H19NO4S. The monoisotopic (exact) mass is 297 g/mol. The minimum atomic E-state index is -0.881. The Morgan fingerprint density at radius 2 is 2.35 bits per heavy atom. The molecule has 2 heterocycles. The number of carboxylic acids is 1. The van der Waals surface area contributed by atoms with Gasteiger partial charge in [-0.15, -0.1) is 11.3 Å². The number of likely N-dealkylation sites (tertiary alicyclic amines) is 1. The maximum atomic E-state index is 12.6. The zero-order valence-corrected chi connectivity index (χ0v) is 12.4. The van der Waals surface area contributed by atoms with Gasteiger partial charge in [0, 0.05) is 24.6 Å². The van der Waals surface area contributed by atoms with E-state index < -0.39 is 5.97 Å². The summed E-state index contributed by atoms with van der Waals surface area (Å²) in [5, 5.41) is 10.9. The molecule has 1 aromatic heterocycles. The smallest absolute Gasteiger partial charge is 0.305 e. The molecule has 0 bridgehead atoms. The van der Waals surface area contributed by atoms with E-state index in [1.807, 2.05) is 24.4 Å². The Morgan fingerprint density at radius 1 is 1.60 bits per heavy atom. The second kappa shape index (κ2) is 6.37. The average Bonchev–Trinajstić information content (AvgIpc) is 3.05. The zero-order chi connectivity index (χ0) is 14.7. The molecule has 0 aromatic carbocycles. The predicted molar refractivity (Wildman–Crippen MR) is 75.9 cm³/mol. The molecule has 2 rings (SSSR count). The van der Waals surface area contributed by atoms with Crippen molar-refractivity contribution in [2.24, 2.45) is 0 Å². The number of carboxylic acid groups (broad SMARTS) is 1. The Hall–Kier alpha value is -1.40. The highest BCUT2D eigenvalue weighted by molar-refractivity contribution is 7.10. The lowest BCUT2D eigenvalue weighted by Crippen LogP contribution is -2.39. The molecule has 0 saturated carbocycles. The van der Waals surface area contributed by atoms with Crippen molar-refractivity contribution >= 4 is 23.2 Å². The van der Waals surface area contributed by atoms with Crippen molar-refractivity contribution in [2.75, 3.05) is 13.7 Å². The van der Waals surface area contributed by atoms with E-state index in [-0.39, 0.29) is 30.4 Å². The van der Waals surface area contributed by atoms with Crippen LogP contribution < -0.4 is 0 Å². The van der Waals surface area contributed by atoms with Gasteiger partial charge in [0.15, 0.2) is 0 Å². The summed E-state index contributed by atoms with van der Waals surface area (Å²) in [6.45, 7) is 2.34. The highest BCUT2D eigenvalue weighted by atomic mass is 32.1. The van der Waals surface area contributed by atoms with Gasteiger partial charge in [-0.05, 0) is 24.8 Å². The Bertz CT molecular complexity index is 474. The highest BCUT2D eigenvalue weighted by Gasteiger charge is 2.38. The standard InChI is InChI=1S/C14H19NO4S/c1-9(12-4-3-5-20-12)14(18)15-8-11(19-2)6-10(15)7-13(16)17/h3-5,9-11H,6-8H2,1-2H3,(H,16,17). The van der Waals surface area contributed by atoms with Gasteiger partial charge in [0.25, 0.3) is 0 Å². The number of hydrogen-bond acceptors (Lipinski definition) is 4. The lowest BCUT2D eigenvalue weighted by molar-refractivity contribution is -0.140. The van der Waals surface area contributed by atoms with Gasteiger partial charge in [-0.3, -0.25) is 9.59 Å². The Kier molecular flexibility index (Phi) is 4.77. The third-order valence-electron chi connectivity index (χ3n) is 3.74. The maximum absolute atomic E-state index is 12.6. The molecule has 5 nitrogen and oxygen atoms in total. The highest BCUT2D eigenvalue weighted by Crippen LogP contribution is 2.29. The lowest BCUT2D eigenvalue weighted by atomic mass is 10.1. The van der Waals surface area contributed by atoms with Crippen LogP contribution in [0, 0.1) is 0 Å². The molecule has 3 unspecified atom stereocenters. The van der Waals surface area contributed by atoms with Crippen molar-refractivity contribution in [3.63, 3.8) is 0 Å². The first-order valence-corrected chi connectivity index (χ1v) is 7.49. The largest absolute Gasteiger partial charge is 0.481 e. The number of thiophene rings is 1. The lowest BCUT2D eigenvalue weighted by Gasteiger charge is -2.26. The summed E-state index contributed by atoms with van der Waals surface area (Å²) in [6.07, 6.45) is 0.493. The number of methoxy groups -OCH3 is 1. The number of carbonyl (C=O) groups excluding carboxylic acids is 1. The topological polar surface area (TPSA) is 66.8 Å². The minimum absolute atomic E-state index is 0.0155. The van der Waals surface area contributed by atoms with Crippen LogP contribution in [0.5, 0.6) is 0 Å². The molecule has 0 aliphatic carbocycles. The molecule has 1 amide bonds. The van der Waals surface area contributed by atoms with Gasteiger partial charge in [-0.2, -0.15) is 0 Å². The van der Waals surface area contributed by atoms with Crippen LogP contribution in [-0.2, 0) is 14.3 Å². The fourth-order valence-electron chi connectivity index (χ4n) is 2.62. The van der Waals surface area contributed by atoms with Crippen LogP contribution in [-0.4, -0.2) is 47.7 Å². The van der Waals surface area contributed by atoms with E-state index in [2.05, 4.69) is 0 Å². The second-order valence-corrected chi connectivity index (χ2v) is 6.05. The second-order valence-electron chi connectivity index (χ2n) is 5.07. The fourth-order valence-corrected chi connectivity index (χ4v) is 3.39. The zero-order valence-electron chi connectivity index (χ0n) is 11.6. The summed E-state index contributed by atoms with van der Waals surface area (Å²) < 4.78 is 5.29. The van der Waals surface area contributed by atoms with Gasteiger partial charge >= 0.3 is 5.97 Å². The van der Waals surface area contributed by atoms with Crippen LogP contribution in [0.2, 0.25) is 0 Å². The summed E-state index contributed by atoms with van der Waals surface area (Å²) >= 11 is 1.54. The Morgan fingerprint density at radius 3 is 2.90 bits per heavy atom. The molecule has 1 aromatic rings. The van der Waals surface area contributed by atoms with Crippen molar-refractivity contribution in [3.05, 3.63) is 22.4 Å². The number of hydrogen-bond donors (Lipinski definition) is 1. The third-order valence-corrected chi connectivity index (χ3v) is 4.80. The number of carbonyl (C=O) groups is 2. The maximum Gasteiger partial charge on any atom is 0.305 e. The van der Waals surface area contributed by atoms with Crippen LogP contribution >= 0.6 is 11.3 Å². The predicted octanol–water partition coefficient (Wildman–Crippen LogP) is 1.94. The van der Waals surface area contributed by atoms with Gasteiger partial charge < -0.3 is 14.7 Å². The molecule has 0 spiro atoms. The van der Waals surface area contributed by atoms with Gasteiger partial charge in [0.2, 0.25) is 5.91 Å². The van der Waals surface area contributed by atoms with Crippen molar-refractivity contribution in [3.8, 4) is 0 Å². The normalized spacial score (nSPS) is 23.8.